The minimum Gasteiger partial charge on any atom is -0.444 e. The molecule has 28 heavy (non-hydrogen) atoms. The van der Waals surface area contributed by atoms with Gasteiger partial charge < -0.3 is 20.4 Å². The fourth-order valence-corrected chi connectivity index (χ4v) is 4.06. The Balaban J connectivity index is 1.65. The first-order chi connectivity index (χ1) is 13.2. The molecule has 0 aliphatic heterocycles. The van der Waals surface area contributed by atoms with Crippen LogP contribution in [-0.4, -0.2) is 34.7 Å². The van der Waals surface area contributed by atoms with Crippen molar-refractivity contribution in [2.75, 3.05) is 6.54 Å². The maximum Gasteiger partial charge on any atom is 0.407 e. The van der Waals surface area contributed by atoms with E-state index in [9.17, 15) is 9.59 Å². The number of benzene rings is 1. The summed E-state index contributed by atoms with van der Waals surface area (Å²) in [5.41, 5.74) is 2.27. The monoisotopic (exact) mass is 385 g/mol. The molecule has 1 aliphatic carbocycles. The van der Waals surface area contributed by atoms with Crippen molar-refractivity contribution in [1.29, 1.82) is 0 Å². The molecular weight excluding hydrogens is 354 g/mol. The standard InChI is InChI=1S/C22H31N3O3/c1-15-8-7-9-17-19(15)16(13-23-17)12-18(26)25-22(10-5-6-11-22)14-24-20(27)28-21(2,3)4/h7-9,13,23H,5-6,10-12,14H2,1-4H3,(H,24,27)(H,25,26). The number of ether oxygens (including phenoxy) is 1. The molecule has 3 rings (SSSR count). The van der Waals surface area contributed by atoms with Crippen LogP contribution in [-0.2, 0) is 16.0 Å². The van der Waals surface area contributed by atoms with E-state index in [2.05, 4.69) is 28.6 Å². The van der Waals surface area contributed by atoms with Gasteiger partial charge in [-0.3, -0.25) is 4.79 Å². The van der Waals surface area contributed by atoms with E-state index in [-0.39, 0.29) is 5.91 Å². The molecule has 152 valence electrons. The molecule has 1 aliphatic rings. The highest BCUT2D eigenvalue weighted by Crippen LogP contribution is 2.30. The highest BCUT2D eigenvalue weighted by molar-refractivity contribution is 5.91. The van der Waals surface area contributed by atoms with Crippen LogP contribution in [0, 0.1) is 6.92 Å². The van der Waals surface area contributed by atoms with Gasteiger partial charge in [0.1, 0.15) is 5.60 Å². The van der Waals surface area contributed by atoms with Crippen molar-refractivity contribution in [1.82, 2.24) is 15.6 Å². The Kier molecular flexibility index (Phi) is 5.68. The number of aromatic amines is 1. The number of H-pyrrole nitrogens is 1. The highest BCUT2D eigenvalue weighted by atomic mass is 16.6. The molecule has 0 bridgehead atoms. The molecule has 1 aromatic heterocycles. The number of alkyl carbamates (subject to hydrolysis) is 1. The van der Waals surface area contributed by atoms with E-state index in [0.717, 1.165) is 47.7 Å². The molecule has 1 saturated carbocycles. The summed E-state index contributed by atoms with van der Waals surface area (Å²) in [6, 6.07) is 6.08. The number of carbonyl (C=O) groups is 2. The smallest absolute Gasteiger partial charge is 0.407 e. The van der Waals surface area contributed by atoms with Gasteiger partial charge in [0.15, 0.2) is 0 Å². The summed E-state index contributed by atoms with van der Waals surface area (Å²) < 4.78 is 5.33. The lowest BCUT2D eigenvalue weighted by Gasteiger charge is -2.31. The van der Waals surface area contributed by atoms with Crippen molar-refractivity contribution in [2.45, 2.75) is 70.9 Å². The zero-order valence-electron chi connectivity index (χ0n) is 17.3. The van der Waals surface area contributed by atoms with Crippen LogP contribution < -0.4 is 10.6 Å². The first-order valence-corrected chi connectivity index (χ1v) is 10.0. The van der Waals surface area contributed by atoms with Crippen molar-refractivity contribution in [3.05, 3.63) is 35.5 Å². The van der Waals surface area contributed by atoms with Crippen molar-refractivity contribution in [3.63, 3.8) is 0 Å². The minimum atomic E-state index is -0.538. The predicted molar refractivity (Wildman–Crippen MR) is 110 cm³/mol. The van der Waals surface area contributed by atoms with Gasteiger partial charge in [0.05, 0.1) is 12.0 Å². The highest BCUT2D eigenvalue weighted by Gasteiger charge is 2.36. The van der Waals surface area contributed by atoms with Crippen LogP contribution in [0.5, 0.6) is 0 Å². The fraction of sp³-hybridized carbons (Fsp3) is 0.545. The third-order valence-corrected chi connectivity index (χ3v) is 5.28. The van der Waals surface area contributed by atoms with Gasteiger partial charge >= 0.3 is 6.09 Å². The van der Waals surface area contributed by atoms with Gasteiger partial charge in [-0.1, -0.05) is 25.0 Å². The van der Waals surface area contributed by atoms with E-state index in [0.29, 0.717) is 13.0 Å². The van der Waals surface area contributed by atoms with Gasteiger partial charge in [-0.05, 0) is 57.7 Å². The summed E-state index contributed by atoms with van der Waals surface area (Å²) in [5.74, 6) is -0.0166. The van der Waals surface area contributed by atoms with E-state index in [1.165, 1.54) is 0 Å². The summed E-state index contributed by atoms with van der Waals surface area (Å²) >= 11 is 0. The Hall–Kier alpha value is -2.50. The zero-order chi connectivity index (χ0) is 20.4. The van der Waals surface area contributed by atoms with Crippen LogP contribution in [0.15, 0.2) is 24.4 Å². The normalized spacial score (nSPS) is 16.1. The molecule has 2 amide bonds. The van der Waals surface area contributed by atoms with Gasteiger partial charge in [0, 0.05) is 23.6 Å². The van der Waals surface area contributed by atoms with Crippen molar-refractivity contribution >= 4 is 22.9 Å². The molecule has 2 aromatic rings. The van der Waals surface area contributed by atoms with Gasteiger partial charge in [-0.15, -0.1) is 0 Å². The number of carbonyl (C=O) groups excluding carboxylic acids is 2. The number of amides is 2. The molecule has 1 heterocycles. The van der Waals surface area contributed by atoms with Crippen LogP contribution in [0.2, 0.25) is 0 Å². The Morgan fingerprint density at radius 1 is 1.21 bits per heavy atom. The summed E-state index contributed by atoms with van der Waals surface area (Å²) in [5, 5.41) is 7.17. The number of fused-ring (bicyclic) bond motifs is 1. The third kappa shape index (κ3) is 4.86. The topological polar surface area (TPSA) is 83.2 Å². The van der Waals surface area contributed by atoms with Crippen LogP contribution in [0.4, 0.5) is 4.79 Å². The molecule has 0 saturated heterocycles. The molecule has 1 fully saturated rings. The summed E-state index contributed by atoms with van der Waals surface area (Å²) in [4.78, 5) is 28.1. The maximum atomic E-state index is 12.8. The lowest BCUT2D eigenvalue weighted by molar-refractivity contribution is -0.122. The summed E-state index contributed by atoms with van der Waals surface area (Å²) in [6.07, 6.45) is 5.60. The van der Waals surface area contributed by atoms with E-state index in [1.807, 2.05) is 39.1 Å². The first-order valence-electron chi connectivity index (χ1n) is 10.0. The van der Waals surface area contributed by atoms with E-state index in [4.69, 9.17) is 4.74 Å². The van der Waals surface area contributed by atoms with E-state index in [1.54, 1.807) is 0 Å². The number of rotatable bonds is 5. The zero-order valence-corrected chi connectivity index (χ0v) is 17.3. The van der Waals surface area contributed by atoms with Crippen molar-refractivity contribution in [3.8, 4) is 0 Å². The number of hydrogen-bond donors (Lipinski definition) is 3. The molecule has 6 heteroatoms. The van der Waals surface area contributed by atoms with Crippen LogP contribution in [0.25, 0.3) is 10.9 Å². The first kappa shape index (κ1) is 20.2. The molecule has 1 aromatic carbocycles. The van der Waals surface area contributed by atoms with Crippen LogP contribution in [0.1, 0.15) is 57.6 Å². The van der Waals surface area contributed by atoms with Gasteiger partial charge in [0.25, 0.3) is 0 Å². The van der Waals surface area contributed by atoms with Gasteiger partial charge in [0.2, 0.25) is 5.91 Å². The average molecular weight is 386 g/mol. The quantitative estimate of drug-likeness (QED) is 0.728. The van der Waals surface area contributed by atoms with E-state index >= 15 is 0 Å². The summed E-state index contributed by atoms with van der Waals surface area (Å²) in [7, 11) is 0. The maximum absolute atomic E-state index is 12.8. The second kappa shape index (κ2) is 7.86. The average Bonchev–Trinajstić information content (AvgIpc) is 3.20. The van der Waals surface area contributed by atoms with Crippen molar-refractivity contribution < 1.29 is 14.3 Å². The second-order valence-corrected chi connectivity index (χ2v) is 8.88. The lowest BCUT2D eigenvalue weighted by atomic mass is 9.96. The Bertz CT molecular complexity index is 858. The molecule has 0 unspecified atom stereocenters. The molecule has 3 N–H and O–H groups in total. The van der Waals surface area contributed by atoms with Gasteiger partial charge in [-0.2, -0.15) is 0 Å². The Labute approximate surface area is 166 Å². The Morgan fingerprint density at radius 3 is 2.61 bits per heavy atom. The van der Waals surface area contributed by atoms with Gasteiger partial charge in [-0.25, -0.2) is 4.79 Å². The molecule has 0 radical (unpaired) electrons. The van der Waals surface area contributed by atoms with Crippen molar-refractivity contribution in [2.24, 2.45) is 0 Å². The number of nitrogens with one attached hydrogen (secondary N) is 3. The predicted octanol–water partition coefficient (Wildman–Crippen LogP) is 3.97. The largest absolute Gasteiger partial charge is 0.444 e. The SMILES string of the molecule is Cc1cccc2[nH]cc(CC(=O)NC3(CNC(=O)OC(C)(C)C)CCCC3)c12. The second-order valence-electron chi connectivity index (χ2n) is 8.88. The summed E-state index contributed by atoms with van der Waals surface area (Å²) in [6.45, 7) is 7.95. The molecule has 0 spiro atoms. The Morgan fingerprint density at radius 2 is 1.93 bits per heavy atom. The van der Waals surface area contributed by atoms with Crippen LogP contribution >= 0.6 is 0 Å². The third-order valence-electron chi connectivity index (χ3n) is 5.28. The number of aryl methyl sites for hydroxylation is 1. The molecule has 0 atom stereocenters. The molecule has 6 nitrogen and oxygen atoms in total. The number of hydrogen-bond acceptors (Lipinski definition) is 3. The van der Waals surface area contributed by atoms with E-state index < -0.39 is 17.2 Å². The van der Waals surface area contributed by atoms with Crippen LogP contribution in [0.3, 0.4) is 0 Å². The lowest BCUT2D eigenvalue weighted by Crippen LogP contribution is -2.54. The minimum absolute atomic E-state index is 0.0166. The fourth-order valence-electron chi connectivity index (χ4n) is 4.06. The number of aromatic nitrogens is 1. The molecular formula is C22H31N3O3.